The molecule has 1 aliphatic heterocycles. The summed E-state index contributed by atoms with van der Waals surface area (Å²) in [7, 11) is 0. The van der Waals surface area contributed by atoms with Gasteiger partial charge in [0.15, 0.2) is 5.58 Å². The fraction of sp³-hybridized carbons (Fsp3) is 0.391. The lowest BCUT2D eigenvalue weighted by atomic mass is 9.75. The van der Waals surface area contributed by atoms with E-state index in [0.29, 0.717) is 17.7 Å². The molecule has 1 saturated carbocycles. The molecule has 9 N–H and O–H groups in total. The SMILES string of the molecule is NC(=O)[C@@H](Nc1cc2c3c(c1)C(N)[C@](N)(c1ccc4oc(N)nc4c1)C3CCO2)C1CC1. The molecule has 0 bridgehead atoms. The van der Waals surface area contributed by atoms with Crippen molar-refractivity contribution in [3.8, 4) is 5.75 Å². The maximum absolute atomic E-state index is 12.0. The smallest absolute Gasteiger partial charge is 0.292 e. The van der Waals surface area contributed by atoms with Crippen LogP contribution >= 0.6 is 0 Å². The van der Waals surface area contributed by atoms with Gasteiger partial charge in [-0.3, -0.25) is 4.79 Å². The van der Waals surface area contributed by atoms with Crippen LogP contribution in [0.15, 0.2) is 34.7 Å². The summed E-state index contributed by atoms with van der Waals surface area (Å²) < 4.78 is 11.4. The molecule has 0 radical (unpaired) electrons. The second-order valence-electron chi connectivity index (χ2n) is 9.17. The lowest BCUT2D eigenvalue weighted by molar-refractivity contribution is -0.119. The summed E-state index contributed by atoms with van der Waals surface area (Å²) in [6, 6.07) is 8.84. The molecule has 1 amide bonds. The molecule has 32 heavy (non-hydrogen) atoms. The number of oxazole rings is 1. The average molecular weight is 435 g/mol. The van der Waals surface area contributed by atoms with Crippen molar-refractivity contribution in [3.05, 3.63) is 47.0 Å². The number of ether oxygens (including phenoxy) is 1. The third-order valence-corrected chi connectivity index (χ3v) is 7.24. The molecule has 9 heteroatoms. The summed E-state index contributed by atoms with van der Waals surface area (Å²) in [6.45, 7) is 0.535. The molecule has 0 spiro atoms. The lowest BCUT2D eigenvalue weighted by Gasteiger charge is -2.37. The first-order chi connectivity index (χ1) is 15.4. The highest BCUT2D eigenvalue weighted by molar-refractivity contribution is 5.84. The zero-order valence-electron chi connectivity index (χ0n) is 17.5. The molecule has 3 aliphatic rings. The Labute approximate surface area is 184 Å². The number of amides is 1. The van der Waals surface area contributed by atoms with Crippen molar-refractivity contribution < 1.29 is 13.9 Å². The van der Waals surface area contributed by atoms with Gasteiger partial charge in [-0.25, -0.2) is 0 Å². The van der Waals surface area contributed by atoms with Gasteiger partial charge in [0.1, 0.15) is 17.3 Å². The molecule has 2 aliphatic carbocycles. The van der Waals surface area contributed by atoms with Crippen molar-refractivity contribution >= 4 is 28.7 Å². The maximum atomic E-state index is 12.0. The topological polar surface area (TPSA) is 168 Å². The Morgan fingerprint density at radius 1 is 1.22 bits per heavy atom. The number of fused-ring (bicyclic) bond motifs is 1. The summed E-state index contributed by atoms with van der Waals surface area (Å²) in [5.74, 6) is 0.671. The summed E-state index contributed by atoms with van der Waals surface area (Å²) in [4.78, 5) is 16.2. The number of nitrogen functional groups attached to an aromatic ring is 1. The summed E-state index contributed by atoms with van der Waals surface area (Å²) in [6.07, 6.45) is 2.75. The van der Waals surface area contributed by atoms with Crippen LogP contribution in [0.1, 0.15) is 47.9 Å². The predicted octanol–water partition coefficient (Wildman–Crippen LogP) is 1.82. The van der Waals surface area contributed by atoms with Gasteiger partial charge in [-0.05, 0) is 54.5 Å². The number of hydrogen-bond acceptors (Lipinski definition) is 8. The molecule has 166 valence electrons. The minimum absolute atomic E-state index is 0.0117. The maximum Gasteiger partial charge on any atom is 0.292 e. The van der Waals surface area contributed by atoms with E-state index in [1.807, 2.05) is 30.3 Å². The molecular formula is C23H26N6O3. The first-order valence-corrected chi connectivity index (χ1v) is 10.9. The van der Waals surface area contributed by atoms with E-state index in [1.165, 1.54) is 0 Å². The van der Waals surface area contributed by atoms with Crippen LogP contribution in [-0.4, -0.2) is 23.5 Å². The third-order valence-electron chi connectivity index (χ3n) is 7.24. The van der Waals surface area contributed by atoms with Gasteiger partial charge in [-0.1, -0.05) is 6.07 Å². The molecule has 4 atom stereocenters. The van der Waals surface area contributed by atoms with E-state index in [0.717, 1.165) is 47.4 Å². The standard InChI is InChI=1S/C23H26N6O3/c24-20-13-8-12(28-19(21(25)30)10-1-2-10)9-17-18(13)14(5-6-31-17)23(20,27)11-3-4-16-15(7-11)29-22(26)32-16/h3-4,7-10,14,19-20,28H,1-2,5-6,24,27H2,(H2,25,30)(H2,26,29)/t14?,19-,20?,23-/m0/s1. The molecule has 2 heterocycles. The normalized spacial score (nSPS) is 27.1. The van der Waals surface area contributed by atoms with Gasteiger partial charge in [-0.2, -0.15) is 4.98 Å². The summed E-state index contributed by atoms with van der Waals surface area (Å²) in [5.41, 5.74) is 29.3. The molecular weight excluding hydrogens is 408 g/mol. The summed E-state index contributed by atoms with van der Waals surface area (Å²) in [5, 5.41) is 3.31. The number of primary amides is 1. The van der Waals surface area contributed by atoms with E-state index >= 15 is 0 Å². The molecule has 3 aromatic rings. The van der Waals surface area contributed by atoms with Gasteiger partial charge in [0.05, 0.1) is 18.2 Å². The van der Waals surface area contributed by atoms with Crippen LogP contribution in [0.5, 0.6) is 5.75 Å². The van der Waals surface area contributed by atoms with Crippen molar-refractivity contribution in [2.24, 2.45) is 23.1 Å². The number of anilines is 2. The van der Waals surface area contributed by atoms with Crippen molar-refractivity contribution in [2.45, 2.75) is 42.8 Å². The Hall–Kier alpha value is -3.30. The molecule has 2 aromatic carbocycles. The Bertz CT molecular complexity index is 1250. The number of aromatic nitrogens is 1. The van der Waals surface area contributed by atoms with Crippen LogP contribution in [0.4, 0.5) is 11.7 Å². The van der Waals surface area contributed by atoms with Crippen LogP contribution in [0.2, 0.25) is 0 Å². The monoisotopic (exact) mass is 434 g/mol. The van der Waals surface area contributed by atoms with Gasteiger partial charge in [0, 0.05) is 23.2 Å². The van der Waals surface area contributed by atoms with Crippen molar-refractivity contribution in [3.63, 3.8) is 0 Å². The van der Waals surface area contributed by atoms with E-state index in [-0.39, 0.29) is 23.8 Å². The van der Waals surface area contributed by atoms with E-state index in [1.54, 1.807) is 0 Å². The highest BCUT2D eigenvalue weighted by Crippen LogP contribution is 2.58. The fourth-order valence-electron chi connectivity index (χ4n) is 5.49. The van der Waals surface area contributed by atoms with Crippen LogP contribution in [0.25, 0.3) is 11.1 Å². The van der Waals surface area contributed by atoms with Crippen LogP contribution in [0.3, 0.4) is 0 Å². The van der Waals surface area contributed by atoms with Gasteiger partial charge >= 0.3 is 0 Å². The number of benzene rings is 2. The first kappa shape index (κ1) is 19.4. The Morgan fingerprint density at radius 2 is 2.03 bits per heavy atom. The van der Waals surface area contributed by atoms with Crippen LogP contribution < -0.4 is 33.0 Å². The summed E-state index contributed by atoms with van der Waals surface area (Å²) >= 11 is 0. The zero-order chi connectivity index (χ0) is 22.2. The minimum atomic E-state index is -0.846. The zero-order valence-corrected chi connectivity index (χ0v) is 17.5. The van der Waals surface area contributed by atoms with Crippen molar-refractivity contribution in [1.82, 2.24) is 4.98 Å². The number of nitrogens with one attached hydrogen (secondary N) is 1. The fourth-order valence-corrected chi connectivity index (χ4v) is 5.49. The van der Waals surface area contributed by atoms with Crippen molar-refractivity contribution in [1.29, 1.82) is 0 Å². The first-order valence-electron chi connectivity index (χ1n) is 10.9. The number of nitrogens with two attached hydrogens (primary N) is 4. The highest BCUT2D eigenvalue weighted by atomic mass is 16.5. The Kier molecular flexibility index (Phi) is 4.00. The average Bonchev–Trinajstić information content (AvgIpc) is 3.50. The highest BCUT2D eigenvalue weighted by Gasteiger charge is 2.53. The number of nitrogens with zero attached hydrogens (tertiary/aromatic N) is 1. The molecule has 9 nitrogen and oxygen atoms in total. The van der Waals surface area contributed by atoms with Crippen molar-refractivity contribution in [2.75, 3.05) is 17.7 Å². The molecule has 1 aromatic heterocycles. The molecule has 6 rings (SSSR count). The quantitative estimate of drug-likeness (QED) is 0.405. The minimum Gasteiger partial charge on any atom is -0.493 e. The third kappa shape index (κ3) is 2.71. The molecule has 1 fully saturated rings. The van der Waals surface area contributed by atoms with E-state index < -0.39 is 17.6 Å². The van der Waals surface area contributed by atoms with Crippen LogP contribution in [-0.2, 0) is 10.3 Å². The Balaban J connectivity index is 1.43. The predicted molar refractivity (Wildman–Crippen MR) is 120 cm³/mol. The number of hydrogen-bond donors (Lipinski definition) is 5. The van der Waals surface area contributed by atoms with Gasteiger partial charge < -0.3 is 37.4 Å². The second kappa shape index (κ2) is 6.60. The van der Waals surface area contributed by atoms with Gasteiger partial charge in [0.25, 0.3) is 6.01 Å². The van der Waals surface area contributed by atoms with E-state index in [9.17, 15) is 4.79 Å². The van der Waals surface area contributed by atoms with Crippen LogP contribution in [0, 0.1) is 5.92 Å². The Morgan fingerprint density at radius 3 is 2.78 bits per heavy atom. The number of rotatable bonds is 5. The molecule has 2 unspecified atom stereocenters. The second-order valence-corrected chi connectivity index (χ2v) is 9.17. The number of carbonyl (C=O) groups excluding carboxylic acids is 1. The largest absolute Gasteiger partial charge is 0.493 e. The number of carbonyl (C=O) groups is 1. The van der Waals surface area contributed by atoms with Gasteiger partial charge in [0.2, 0.25) is 5.91 Å². The lowest BCUT2D eigenvalue weighted by Crippen LogP contribution is -2.47. The van der Waals surface area contributed by atoms with E-state index in [2.05, 4.69) is 10.3 Å². The van der Waals surface area contributed by atoms with Gasteiger partial charge in [-0.15, -0.1) is 0 Å². The molecule has 0 saturated heterocycles. The van der Waals surface area contributed by atoms with E-state index in [4.69, 9.17) is 32.1 Å².